The van der Waals surface area contributed by atoms with E-state index in [0.717, 1.165) is 32.0 Å². The quantitative estimate of drug-likeness (QED) is 0.821. The fourth-order valence-electron chi connectivity index (χ4n) is 2.43. The normalized spacial score (nSPS) is 19.7. The van der Waals surface area contributed by atoms with Gasteiger partial charge in [0.1, 0.15) is 16.5 Å². The molecule has 1 aromatic carbocycles. The molecule has 118 valence electrons. The summed E-state index contributed by atoms with van der Waals surface area (Å²) in [5.41, 5.74) is 0. The number of nitrogens with one attached hydrogen (secondary N) is 2. The molecule has 21 heavy (non-hydrogen) atoms. The summed E-state index contributed by atoms with van der Waals surface area (Å²) < 4.78 is 53.2. The summed E-state index contributed by atoms with van der Waals surface area (Å²) in [4.78, 5) is -0.550. The molecule has 1 unspecified atom stereocenters. The maximum atomic E-state index is 13.7. The molecule has 0 aromatic heterocycles. The third-order valence-electron chi connectivity index (χ3n) is 3.48. The van der Waals surface area contributed by atoms with Crippen molar-refractivity contribution in [2.75, 3.05) is 19.6 Å². The van der Waals surface area contributed by atoms with Crippen LogP contribution in [0.4, 0.5) is 8.78 Å². The van der Waals surface area contributed by atoms with Crippen LogP contribution in [-0.2, 0) is 10.0 Å². The van der Waals surface area contributed by atoms with Crippen molar-refractivity contribution in [1.82, 2.24) is 10.0 Å². The molecular formula is C13H17BrF2N2O2S. The molecule has 1 aromatic rings. The average Bonchev–Trinajstić information content (AvgIpc) is 2.38. The monoisotopic (exact) mass is 382 g/mol. The molecular weight excluding hydrogens is 366 g/mol. The van der Waals surface area contributed by atoms with Crippen LogP contribution in [0.3, 0.4) is 0 Å². The van der Waals surface area contributed by atoms with Gasteiger partial charge >= 0.3 is 0 Å². The summed E-state index contributed by atoms with van der Waals surface area (Å²) >= 11 is 2.89. The second-order valence-corrected chi connectivity index (χ2v) is 7.66. The van der Waals surface area contributed by atoms with Gasteiger partial charge in [-0.1, -0.05) is 0 Å². The zero-order chi connectivity index (χ0) is 15.5. The second-order valence-electron chi connectivity index (χ2n) is 5.10. The topological polar surface area (TPSA) is 58.2 Å². The lowest BCUT2D eigenvalue weighted by Crippen LogP contribution is -2.33. The molecule has 1 saturated heterocycles. The van der Waals surface area contributed by atoms with Gasteiger partial charge in [0.25, 0.3) is 0 Å². The van der Waals surface area contributed by atoms with Crippen molar-refractivity contribution in [2.24, 2.45) is 5.92 Å². The van der Waals surface area contributed by atoms with Crippen molar-refractivity contribution in [3.05, 3.63) is 28.2 Å². The molecule has 2 rings (SSSR count). The van der Waals surface area contributed by atoms with Gasteiger partial charge in [0.15, 0.2) is 0 Å². The molecule has 1 aliphatic rings. The van der Waals surface area contributed by atoms with Crippen LogP contribution in [0.15, 0.2) is 21.5 Å². The van der Waals surface area contributed by atoms with Crippen molar-refractivity contribution < 1.29 is 17.2 Å². The molecule has 1 heterocycles. The van der Waals surface area contributed by atoms with Crippen LogP contribution in [0.5, 0.6) is 0 Å². The molecule has 0 radical (unpaired) electrons. The molecule has 0 aliphatic carbocycles. The lowest BCUT2D eigenvalue weighted by atomic mass is 9.96. The van der Waals surface area contributed by atoms with Gasteiger partial charge in [0.2, 0.25) is 10.0 Å². The summed E-state index contributed by atoms with van der Waals surface area (Å²) in [6.45, 7) is 2.10. The zero-order valence-corrected chi connectivity index (χ0v) is 13.7. The third kappa shape index (κ3) is 4.45. The smallest absolute Gasteiger partial charge is 0.244 e. The van der Waals surface area contributed by atoms with Crippen LogP contribution in [0.1, 0.15) is 19.3 Å². The van der Waals surface area contributed by atoms with Crippen molar-refractivity contribution in [3.8, 4) is 0 Å². The largest absolute Gasteiger partial charge is 0.316 e. The Morgan fingerprint density at radius 2 is 2.14 bits per heavy atom. The van der Waals surface area contributed by atoms with Gasteiger partial charge in [0, 0.05) is 17.1 Å². The molecule has 0 bridgehead atoms. The lowest BCUT2D eigenvalue weighted by Gasteiger charge is -2.22. The maximum Gasteiger partial charge on any atom is 0.244 e. The number of piperidine rings is 1. The van der Waals surface area contributed by atoms with E-state index in [4.69, 9.17) is 0 Å². The summed E-state index contributed by atoms with van der Waals surface area (Å²) in [6.07, 6.45) is 2.82. The number of rotatable bonds is 5. The van der Waals surface area contributed by atoms with Crippen molar-refractivity contribution in [1.29, 1.82) is 0 Å². The molecule has 0 saturated carbocycles. The van der Waals surface area contributed by atoms with E-state index < -0.39 is 26.6 Å². The SMILES string of the molecule is O=S(=O)(NCCC1CCCNC1)c1c(F)cc(F)cc1Br. The predicted molar refractivity (Wildman–Crippen MR) is 79.5 cm³/mol. The molecule has 1 aliphatic heterocycles. The summed E-state index contributed by atoms with van der Waals surface area (Å²) in [5.74, 6) is -1.51. The van der Waals surface area contributed by atoms with Gasteiger partial charge in [-0.2, -0.15) is 0 Å². The van der Waals surface area contributed by atoms with Crippen LogP contribution < -0.4 is 10.0 Å². The minimum Gasteiger partial charge on any atom is -0.316 e. The standard InChI is InChI=1S/C13H17BrF2N2O2S/c14-11-6-10(15)7-12(16)13(11)21(19,20)18-5-3-9-2-1-4-17-8-9/h6-7,9,17-18H,1-5,8H2. The van der Waals surface area contributed by atoms with Crippen molar-refractivity contribution >= 4 is 26.0 Å². The van der Waals surface area contributed by atoms with Crippen molar-refractivity contribution in [3.63, 3.8) is 0 Å². The van der Waals surface area contributed by atoms with Gasteiger partial charge < -0.3 is 5.32 Å². The van der Waals surface area contributed by atoms with E-state index in [-0.39, 0.29) is 11.0 Å². The second kappa shape index (κ2) is 7.13. The zero-order valence-electron chi connectivity index (χ0n) is 11.3. The molecule has 0 amide bonds. The molecule has 0 spiro atoms. The van der Waals surface area contributed by atoms with Crippen LogP contribution in [0.25, 0.3) is 0 Å². The van der Waals surface area contributed by atoms with Crippen LogP contribution >= 0.6 is 15.9 Å². The highest BCUT2D eigenvalue weighted by atomic mass is 79.9. The fraction of sp³-hybridized carbons (Fsp3) is 0.538. The Hall–Kier alpha value is -0.570. The minimum atomic E-state index is -4.00. The first-order valence-electron chi connectivity index (χ1n) is 6.75. The molecule has 1 fully saturated rings. The van der Waals surface area contributed by atoms with E-state index in [9.17, 15) is 17.2 Å². The summed E-state index contributed by atoms with van der Waals surface area (Å²) in [5, 5.41) is 3.25. The molecule has 1 atom stereocenters. The first-order valence-corrected chi connectivity index (χ1v) is 9.02. The average molecular weight is 383 g/mol. The number of sulfonamides is 1. The van der Waals surface area contributed by atoms with Gasteiger partial charge in [-0.05, 0) is 60.3 Å². The van der Waals surface area contributed by atoms with Crippen molar-refractivity contribution in [2.45, 2.75) is 24.2 Å². The van der Waals surface area contributed by atoms with Crippen LogP contribution in [0.2, 0.25) is 0 Å². The van der Waals surface area contributed by atoms with Gasteiger partial charge in [-0.15, -0.1) is 0 Å². The van der Waals surface area contributed by atoms with Gasteiger partial charge in [-0.3, -0.25) is 0 Å². The Labute approximate surface area is 131 Å². The Balaban J connectivity index is 2.01. The van der Waals surface area contributed by atoms with E-state index >= 15 is 0 Å². The Morgan fingerprint density at radius 1 is 1.38 bits per heavy atom. The first kappa shape index (κ1) is 16.8. The van der Waals surface area contributed by atoms with E-state index in [0.29, 0.717) is 18.4 Å². The highest BCUT2D eigenvalue weighted by Gasteiger charge is 2.24. The van der Waals surface area contributed by atoms with Gasteiger partial charge in [-0.25, -0.2) is 21.9 Å². The number of benzene rings is 1. The Bertz CT molecular complexity index is 581. The highest BCUT2D eigenvalue weighted by molar-refractivity contribution is 9.10. The van der Waals surface area contributed by atoms with Gasteiger partial charge in [0.05, 0.1) is 0 Å². The third-order valence-corrected chi connectivity index (χ3v) is 5.90. The molecule has 2 N–H and O–H groups in total. The Morgan fingerprint density at radius 3 is 2.76 bits per heavy atom. The lowest BCUT2D eigenvalue weighted by molar-refractivity contribution is 0.358. The van der Waals surface area contributed by atoms with E-state index in [2.05, 4.69) is 26.0 Å². The fourth-order valence-corrected chi connectivity index (χ4v) is 4.64. The number of hydrogen-bond acceptors (Lipinski definition) is 3. The van der Waals surface area contributed by atoms with E-state index in [1.54, 1.807) is 0 Å². The van der Waals surface area contributed by atoms with Crippen LogP contribution in [-0.4, -0.2) is 28.1 Å². The summed E-state index contributed by atoms with van der Waals surface area (Å²) in [7, 11) is -4.00. The Kier molecular flexibility index (Phi) is 5.70. The first-order chi connectivity index (χ1) is 9.90. The van der Waals surface area contributed by atoms with Crippen LogP contribution in [0, 0.1) is 17.6 Å². The molecule has 4 nitrogen and oxygen atoms in total. The predicted octanol–water partition coefficient (Wildman–Crippen LogP) is 2.40. The number of hydrogen-bond donors (Lipinski definition) is 2. The van der Waals surface area contributed by atoms with E-state index in [1.165, 1.54) is 0 Å². The molecule has 8 heteroatoms. The maximum absolute atomic E-state index is 13.7. The van der Waals surface area contributed by atoms with E-state index in [1.807, 2.05) is 0 Å². The number of halogens is 3. The highest BCUT2D eigenvalue weighted by Crippen LogP contribution is 2.26. The minimum absolute atomic E-state index is 0.119. The summed E-state index contributed by atoms with van der Waals surface area (Å²) in [6, 6.07) is 1.49.